The van der Waals surface area contributed by atoms with Gasteiger partial charge in [-0.3, -0.25) is 4.79 Å². The number of carbonyl (C=O) groups is 1. The van der Waals surface area contributed by atoms with Crippen LogP contribution in [0.25, 0.3) is 28.2 Å². The standard InChI is InChI=1S/C24H25N7O2/c1-16-4-3-5-17(12-16)18-6-7-31(27-18)20-13-19(29-8-10-33-11-9-29)23-24(26-20)30-15-22(32)28(2)14-21(30)25-23/h3-7,12-13H,8-11,14-15H2,1-2H3. The summed E-state index contributed by atoms with van der Waals surface area (Å²) in [5.74, 6) is 1.62. The first-order valence-corrected chi connectivity index (χ1v) is 11.2. The molecule has 0 N–H and O–H groups in total. The number of pyridine rings is 1. The number of carbonyl (C=O) groups excluding carboxylic acids is 1. The summed E-state index contributed by atoms with van der Waals surface area (Å²) < 4.78 is 9.31. The molecule has 9 nitrogen and oxygen atoms in total. The molecule has 3 aromatic heterocycles. The van der Waals surface area contributed by atoms with Crippen molar-refractivity contribution in [1.82, 2.24) is 29.2 Å². The maximum Gasteiger partial charge on any atom is 0.242 e. The van der Waals surface area contributed by atoms with E-state index in [0.29, 0.717) is 25.6 Å². The highest BCUT2D eigenvalue weighted by Crippen LogP contribution is 2.31. The molecule has 0 saturated carbocycles. The number of hydrogen-bond acceptors (Lipinski definition) is 6. The van der Waals surface area contributed by atoms with E-state index in [0.717, 1.165) is 47.0 Å². The molecule has 0 bridgehead atoms. The van der Waals surface area contributed by atoms with Gasteiger partial charge < -0.3 is 19.1 Å². The number of likely N-dealkylation sites (N-methyl/N-ethyl adjacent to an activating group) is 1. The molecule has 9 heteroatoms. The zero-order valence-corrected chi connectivity index (χ0v) is 18.7. The lowest BCUT2D eigenvalue weighted by atomic mass is 10.1. The van der Waals surface area contributed by atoms with Gasteiger partial charge in [0.05, 0.1) is 31.1 Å². The number of benzene rings is 1. The lowest BCUT2D eigenvalue weighted by molar-refractivity contribution is -0.132. The van der Waals surface area contributed by atoms with Crippen molar-refractivity contribution in [2.24, 2.45) is 0 Å². The van der Waals surface area contributed by atoms with E-state index in [1.807, 2.05) is 36.0 Å². The average Bonchev–Trinajstić information content (AvgIpc) is 3.45. The minimum absolute atomic E-state index is 0.0581. The van der Waals surface area contributed by atoms with Crippen LogP contribution >= 0.6 is 0 Å². The van der Waals surface area contributed by atoms with Crippen molar-refractivity contribution in [1.29, 1.82) is 0 Å². The van der Waals surface area contributed by atoms with Gasteiger partial charge in [0.1, 0.15) is 17.9 Å². The first-order valence-electron chi connectivity index (χ1n) is 11.2. The fourth-order valence-electron chi connectivity index (χ4n) is 4.52. The molecule has 2 aliphatic rings. The van der Waals surface area contributed by atoms with E-state index in [1.54, 1.807) is 9.58 Å². The van der Waals surface area contributed by atoms with Crippen molar-refractivity contribution in [3.05, 3.63) is 54.0 Å². The van der Waals surface area contributed by atoms with Crippen LogP contribution in [0.15, 0.2) is 42.6 Å². The Hall–Kier alpha value is -3.72. The third-order valence-corrected chi connectivity index (χ3v) is 6.34. The zero-order chi connectivity index (χ0) is 22.5. The number of aromatic nitrogens is 5. The summed E-state index contributed by atoms with van der Waals surface area (Å²) >= 11 is 0. The molecule has 2 aliphatic heterocycles. The lowest BCUT2D eigenvalue weighted by Crippen LogP contribution is -2.36. The molecule has 6 rings (SSSR count). The number of rotatable bonds is 3. The molecule has 1 fully saturated rings. The quantitative estimate of drug-likeness (QED) is 0.484. The van der Waals surface area contributed by atoms with Crippen LogP contribution in [-0.4, -0.2) is 68.5 Å². The SMILES string of the molecule is Cc1cccc(-c2ccn(-c3cc(N4CCOCC4)c4nc5n(c4n3)CC(=O)N(C)C5)n2)c1. The van der Waals surface area contributed by atoms with Crippen LogP contribution in [-0.2, 0) is 22.6 Å². The highest BCUT2D eigenvalue weighted by atomic mass is 16.5. The summed E-state index contributed by atoms with van der Waals surface area (Å²) in [6.07, 6.45) is 1.93. The Morgan fingerprint density at radius 3 is 2.70 bits per heavy atom. The summed E-state index contributed by atoms with van der Waals surface area (Å²) in [7, 11) is 1.81. The van der Waals surface area contributed by atoms with Crippen molar-refractivity contribution in [3.8, 4) is 17.1 Å². The van der Waals surface area contributed by atoms with E-state index in [9.17, 15) is 4.79 Å². The summed E-state index contributed by atoms with van der Waals surface area (Å²) in [5, 5.41) is 4.81. The number of morpholine rings is 1. The third kappa shape index (κ3) is 3.45. The molecule has 5 heterocycles. The maximum absolute atomic E-state index is 12.4. The van der Waals surface area contributed by atoms with Crippen LogP contribution in [0.1, 0.15) is 11.4 Å². The largest absolute Gasteiger partial charge is 0.378 e. The molecular formula is C24H25N7O2. The van der Waals surface area contributed by atoms with Crippen LogP contribution in [0.3, 0.4) is 0 Å². The normalized spacial score (nSPS) is 16.5. The Labute approximate surface area is 191 Å². The van der Waals surface area contributed by atoms with Gasteiger partial charge in [-0.1, -0.05) is 23.8 Å². The topological polar surface area (TPSA) is 81.3 Å². The van der Waals surface area contributed by atoms with Crippen LogP contribution in [0.4, 0.5) is 5.69 Å². The summed E-state index contributed by atoms with van der Waals surface area (Å²) in [6.45, 7) is 5.72. The smallest absolute Gasteiger partial charge is 0.242 e. The van der Waals surface area contributed by atoms with E-state index in [1.165, 1.54) is 5.56 Å². The Morgan fingerprint density at radius 1 is 1.03 bits per heavy atom. The minimum atomic E-state index is 0.0581. The Kier molecular flexibility index (Phi) is 4.65. The first kappa shape index (κ1) is 19.9. The van der Waals surface area contributed by atoms with E-state index in [-0.39, 0.29) is 12.5 Å². The van der Waals surface area contributed by atoms with Crippen molar-refractivity contribution in [2.75, 3.05) is 38.3 Å². The van der Waals surface area contributed by atoms with Crippen LogP contribution in [0.5, 0.6) is 0 Å². The second kappa shape index (κ2) is 7.70. The number of aryl methyl sites for hydroxylation is 1. The molecular weight excluding hydrogens is 418 g/mol. The van der Waals surface area contributed by atoms with E-state index >= 15 is 0 Å². The van der Waals surface area contributed by atoms with Gasteiger partial charge in [0, 0.05) is 38.0 Å². The van der Waals surface area contributed by atoms with Gasteiger partial charge in [0.15, 0.2) is 11.5 Å². The molecule has 1 aromatic carbocycles. The second-order valence-corrected chi connectivity index (χ2v) is 8.65. The fourth-order valence-corrected chi connectivity index (χ4v) is 4.52. The predicted molar refractivity (Wildman–Crippen MR) is 124 cm³/mol. The molecule has 168 valence electrons. The third-order valence-electron chi connectivity index (χ3n) is 6.34. The molecule has 1 saturated heterocycles. The molecule has 33 heavy (non-hydrogen) atoms. The van der Waals surface area contributed by atoms with Crippen molar-refractivity contribution >= 4 is 22.8 Å². The van der Waals surface area contributed by atoms with Crippen molar-refractivity contribution < 1.29 is 9.53 Å². The first-order chi connectivity index (χ1) is 16.1. The number of amides is 1. The molecule has 0 atom stereocenters. The number of nitrogens with zero attached hydrogens (tertiary/aromatic N) is 7. The van der Waals surface area contributed by atoms with Gasteiger partial charge >= 0.3 is 0 Å². The molecule has 0 unspecified atom stereocenters. The number of anilines is 1. The minimum Gasteiger partial charge on any atom is -0.378 e. The van der Waals surface area contributed by atoms with Gasteiger partial charge in [-0.05, 0) is 19.1 Å². The molecule has 0 aliphatic carbocycles. The van der Waals surface area contributed by atoms with Gasteiger partial charge in [0.2, 0.25) is 5.91 Å². The highest BCUT2D eigenvalue weighted by molar-refractivity contribution is 5.90. The van der Waals surface area contributed by atoms with Crippen LogP contribution in [0.2, 0.25) is 0 Å². The van der Waals surface area contributed by atoms with Gasteiger partial charge in [-0.2, -0.15) is 5.10 Å². The molecule has 4 aromatic rings. The van der Waals surface area contributed by atoms with E-state index < -0.39 is 0 Å². The Morgan fingerprint density at radius 2 is 1.88 bits per heavy atom. The summed E-state index contributed by atoms with van der Waals surface area (Å²) in [4.78, 5) is 26.3. The Bertz CT molecular complexity index is 1370. The second-order valence-electron chi connectivity index (χ2n) is 8.65. The van der Waals surface area contributed by atoms with Crippen LogP contribution < -0.4 is 4.90 Å². The monoisotopic (exact) mass is 443 g/mol. The Balaban J connectivity index is 1.50. The number of hydrogen-bond donors (Lipinski definition) is 0. The molecule has 0 spiro atoms. The number of ether oxygens (including phenoxy) is 1. The average molecular weight is 444 g/mol. The van der Waals surface area contributed by atoms with Gasteiger partial charge in [-0.15, -0.1) is 0 Å². The molecule has 1 amide bonds. The summed E-state index contributed by atoms with van der Waals surface area (Å²) in [5.41, 5.74) is 5.70. The zero-order valence-electron chi connectivity index (χ0n) is 18.7. The number of imidazole rings is 1. The number of fused-ring (bicyclic) bond motifs is 3. The summed E-state index contributed by atoms with van der Waals surface area (Å²) in [6, 6.07) is 12.3. The highest BCUT2D eigenvalue weighted by Gasteiger charge is 2.27. The van der Waals surface area contributed by atoms with Gasteiger partial charge in [-0.25, -0.2) is 14.6 Å². The van der Waals surface area contributed by atoms with E-state index in [4.69, 9.17) is 19.8 Å². The predicted octanol–water partition coefficient (Wildman–Crippen LogP) is 2.40. The maximum atomic E-state index is 12.4. The van der Waals surface area contributed by atoms with E-state index in [2.05, 4.69) is 30.0 Å². The lowest BCUT2D eigenvalue weighted by Gasteiger charge is -2.29. The van der Waals surface area contributed by atoms with Crippen molar-refractivity contribution in [2.45, 2.75) is 20.0 Å². The fraction of sp³-hybridized carbons (Fsp3) is 0.333. The van der Waals surface area contributed by atoms with Crippen LogP contribution in [0, 0.1) is 6.92 Å². The van der Waals surface area contributed by atoms with Gasteiger partial charge in [0.25, 0.3) is 0 Å². The van der Waals surface area contributed by atoms with Crippen molar-refractivity contribution in [3.63, 3.8) is 0 Å². The molecule has 0 radical (unpaired) electrons.